The van der Waals surface area contributed by atoms with E-state index >= 15 is 0 Å². The van der Waals surface area contributed by atoms with E-state index in [1.54, 1.807) is 30.3 Å². The molecule has 0 unspecified atom stereocenters. The summed E-state index contributed by atoms with van der Waals surface area (Å²) in [7, 11) is 0. The first-order chi connectivity index (χ1) is 9.29. The molecular formula is C12H14F3N3OS. The minimum absolute atomic E-state index is 0.114. The number of alkyl halides is 3. The number of thiocarbonyl (C=S) groups is 1. The second-order valence-corrected chi connectivity index (χ2v) is 4.50. The molecule has 0 atom stereocenters. The van der Waals surface area contributed by atoms with Crippen molar-refractivity contribution >= 4 is 28.9 Å². The summed E-state index contributed by atoms with van der Waals surface area (Å²) in [6.07, 6.45) is -4.23. The molecule has 4 nitrogen and oxygen atoms in total. The fourth-order valence-electron chi connectivity index (χ4n) is 1.45. The summed E-state index contributed by atoms with van der Waals surface area (Å²) >= 11 is 4.71. The zero-order valence-corrected chi connectivity index (χ0v) is 11.3. The molecule has 0 spiro atoms. The van der Waals surface area contributed by atoms with Crippen LogP contribution in [0.2, 0.25) is 0 Å². The average Bonchev–Trinajstić information content (AvgIpc) is 2.36. The first-order valence-electron chi connectivity index (χ1n) is 5.75. The zero-order valence-electron chi connectivity index (χ0n) is 10.5. The van der Waals surface area contributed by atoms with Crippen LogP contribution in [0.1, 0.15) is 6.42 Å². The SMILES string of the molecule is NC(=S)CCN(C(=O)NCC(F)(F)F)c1ccccc1. The number of benzene rings is 1. The topological polar surface area (TPSA) is 58.4 Å². The number of nitrogens with two attached hydrogens (primary N) is 1. The van der Waals surface area contributed by atoms with Gasteiger partial charge in [0.2, 0.25) is 0 Å². The van der Waals surface area contributed by atoms with Gasteiger partial charge in [0.25, 0.3) is 0 Å². The molecule has 0 aliphatic heterocycles. The lowest BCUT2D eigenvalue weighted by Gasteiger charge is -2.23. The lowest BCUT2D eigenvalue weighted by Crippen LogP contribution is -2.44. The molecule has 0 aliphatic rings. The molecule has 0 saturated heterocycles. The monoisotopic (exact) mass is 305 g/mol. The summed E-state index contributed by atoms with van der Waals surface area (Å²) in [5.41, 5.74) is 5.83. The molecule has 0 fully saturated rings. The van der Waals surface area contributed by atoms with E-state index in [4.69, 9.17) is 18.0 Å². The van der Waals surface area contributed by atoms with Crippen LogP contribution in [-0.2, 0) is 0 Å². The maximum Gasteiger partial charge on any atom is 0.405 e. The Balaban J connectivity index is 2.77. The number of hydrogen-bond donors (Lipinski definition) is 2. The Kier molecular flexibility index (Phi) is 5.75. The third-order valence-electron chi connectivity index (χ3n) is 2.33. The Hall–Kier alpha value is -1.83. The summed E-state index contributed by atoms with van der Waals surface area (Å²) in [6.45, 7) is -1.27. The van der Waals surface area contributed by atoms with E-state index in [1.165, 1.54) is 4.90 Å². The van der Waals surface area contributed by atoms with Crippen molar-refractivity contribution in [2.75, 3.05) is 18.0 Å². The Morgan fingerprint density at radius 1 is 1.30 bits per heavy atom. The third-order valence-corrected chi connectivity index (χ3v) is 2.54. The fraction of sp³-hybridized carbons (Fsp3) is 0.333. The number of carbonyl (C=O) groups is 1. The summed E-state index contributed by atoms with van der Waals surface area (Å²) < 4.78 is 36.4. The fourth-order valence-corrected chi connectivity index (χ4v) is 1.54. The Labute approximate surface area is 119 Å². The van der Waals surface area contributed by atoms with Crippen molar-refractivity contribution in [3.63, 3.8) is 0 Å². The second kappa shape index (κ2) is 7.09. The molecule has 8 heteroatoms. The van der Waals surface area contributed by atoms with E-state index in [2.05, 4.69) is 0 Å². The van der Waals surface area contributed by atoms with Crippen molar-refractivity contribution < 1.29 is 18.0 Å². The van der Waals surface area contributed by atoms with Crippen LogP contribution in [0.3, 0.4) is 0 Å². The van der Waals surface area contributed by atoms with Crippen LogP contribution in [0.5, 0.6) is 0 Å². The summed E-state index contributed by atoms with van der Waals surface area (Å²) in [5.74, 6) is 0. The number of halogens is 3. The van der Waals surface area contributed by atoms with Gasteiger partial charge in [-0.05, 0) is 12.1 Å². The normalized spacial score (nSPS) is 10.9. The highest BCUT2D eigenvalue weighted by Crippen LogP contribution is 2.16. The van der Waals surface area contributed by atoms with Crippen LogP contribution in [-0.4, -0.2) is 30.3 Å². The molecule has 1 aromatic rings. The smallest absolute Gasteiger partial charge is 0.393 e. The number of carbonyl (C=O) groups excluding carboxylic acids is 1. The minimum Gasteiger partial charge on any atom is -0.393 e. The molecule has 110 valence electrons. The predicted molar refractivity (Wildman–Crippen MR) is 74.6 cm³/mol. The maximum atomic E-state index is 12.1. The van der Waals surface area contributed by atoms with Crippen LogP contribution in [0.4, 0.5) is 23.7 Å². The molecule has 1 rings (SSSR count). The number of urea groups is 1. The van der Waals surface area contributed by atoms with Gasteiger partial charge in [0.1, 0.15) is 6.54 Å². The third kappa shape index (κ3) is 5.87. The van der Waals surface area contributed by atoms with Crippen LogP contribution in [0.15, 0.2) is 30.3 Å². The molecule has 0 heterocycles. The van der Waals surface area contributed by atoms with E-state index in [0.717, 1.165) is 0 Å². The van der Waals surface area contributed by atoms with E-state index in [9.17, 15) is 18.0 Å². The van der Waals surface area contributed by atoms with Crippen LogP contribution < -0.4 is 16.0 Å². The van der Waals surface area contributed by atoms with Crippen molar-refractivity contribution in [3.05, 3.63) is 30.3 Å². The van der Waals surface area contributed by atoms with Gasteiger partial charge < -0.3 is 11.1 Å². The van der Waals surface area contributed by atoms with Gasteiger partial charge in [0.15, 0.2) is 0 Å². The van der Waals surface area contributed by atoms with Gasteiger partial charge in [-0.15, -0.1) is 0 Å². The Bertz CT molecular complexity index is 465. The minimum atomic E-state index is -4.46. The highest BCUT2D eigenvalue weighted by atomic mass is 32.1. The first-order valence-corrected chi connectivity index (χ1v) is 6.16. The maximum absolute atomic E-state index is 12.1. The Morgan fingerprint density at radius 2 is 1.90 bits per heavy atom. The zero-order chi connectivity index (χ0) is 15.2. The van der Waals surface area contributed by atoms with Gasteiger partial charge in [0.05, 0.1) is 4.99 Å². The van der Waals surface area contributed by atoms with Crippen molar-refractivity contribution in [3.8, 4) is 0 Å². The quantitative estimate of drug-likeness (QED) is 0.822. The van der Waals surface area contributed by atoms with E-state index < -0.39 is 18.8 Å². The van der Waals surface area contributed by atoms with Gasteiger partial charge in [-0.2, -0.15) is 13.2 Å². The lowest BCUT2D eigenvalue weighted by atomic mass is 10.2. The molecule has 0 saturated carbocycles. The van der Waals surface area contributed by atoms with Crippen molar-refractivity contribution in [1.82, 2.24) is 5.32 Å². The van der Waals surface area contributed by atoms with Gasteiger partial charge in [-0.3, -0.25) is 4.90 Å². The number of nitrogens with zero attached hydrogens (tertiary/aromatic N) is 1. The van der Waals surface area contributed by atoms with Gasteiger partial charge in [-0.1, -0.05) is 30.4 Å². The molecule has 0 aromatic heterocycles. The van der Waals surface area contributed by atoms with Gasteiger partial charge in [0, 0.05) is 18.7 Å². The number of para-hydroxylation sites is 1. The van der Waals surface area contributed by atoms with Gasteiger partial charge >= 0.3 is 12.2 Å². The molecule has 0 bridgehead atoms. The Morgan fingerprint density at radius 3 is 2.40 bits per heavy atom. The second-order valence-electron chi connectivity index (χ2n) is 3.98. The molecule has 0 radical (unpaired) electrons. The highest BCUT2D eigenvalue weighted by molar-refractivity contribution is 7.80. The van der Waals surface area contributed by atoms with Crippen molar-refractivity contribution in [1.29, 1.82) is 0 Å². The molecule has 2 amide bonds. The van der Waals surface area contributed by atoms with Crippen LogP contribution in [0.25, 0.3) is 0 Å². The van der Waals surface area contributed by atoms with E-state index in [0.29, 0.717) is 5.69 Å². The number of hydrogen-bond acceptors (Lipinski definition) is 2. The standard InChI is InChI=1S/C12H14F3N3OS/c13-12(14,15)8-17-11(19)18(7-6-10(16)20)9-4-2-1-3-5-9/h1-5H,6-8H2,(H2,16,20)(H,17,19). The lowest BCUT2D eigenvalue weighted by molar-refractivity contribution is -0.122. The summed E-state index contributed by atoms with van der Waals surface area (Å²) in [6, 6.07) is 7.49. The molecule has 3 N–H and O–H groups in total. The molecule has 1 aromatic carbocycles. The van der Waals surface area contributed by atoms with E-state index in [1.807, 2.05) is 5.32 Å². The number of amides is 2. The van der Waals surface area contributed by atoms with Crippen LogP contribution >= 0.6 is 12.2 Å². The summed E-state index contributed by atoms with van der Waals surface area (Å²) in [4.78, 5) is 13.2. The van der Waals surface area contributed by atoms with Gasteiger partial charge in [-0.25, -0.2) is 4.79 Å². The molecular weight excluding hydrogens is 291 g/mol. The van der Waals surface area contributed by atoms with Crippen LogP contribution in [0, 0.1) is 0 Å². The largest absolute Gasteiger partial charge is 0.405 e. The highest BCUT2D eigenvalue weighted by Gasteiger charge is 2.29. The predicted octanol–water partition coefficient (Wildman–Crippen LogP) is 2.44. The molecule has 20 heavy (non-hydrogen) atoms. The number of nitrogens with one attached hydrogen (secondary N) is 1. The number of rotatable bonds is 5. The van der Waals surface area contributed by atoms with Crippen molar-refractivity contribution in [2.45, 2.75) is 12.6 Å². The van der Waals surface area contributed by atoms with Crippen molar-refractivity contribution in [2.24, 2.45) is 5.73 Å². The summed E-state index contributed by atoms with van der Waals surface area (Å²) in [5, 5.41) is 1.82. The van der Waals surface area contributed by atoms with E-state index in [-0.39, 0.29) is 18.0 Å². The average molecular weight is 305 g/mol. The first kappa shape index (κ1) is 16.2. The number of anilines is 1. The molecule has 0 aliphatic carbocycles.